The predicted octanol–water partition coefficient (Wildman–Crippen LogP) is 2.93. The molecule has 0 fully saturated rings. The second-order valence-electron chi connectivity index (χ2n) is 5.13. The molecule has 0 saturated heterocycles. The highest BCUT2D eigenvalue weighted by Crippen LogP contribution is 2.17. The molecule has 2 aromatic heterocycles. The molecule has 2 aromatic rings. The van der Waals surface area contributed by atoms with Crippen LogP contribution in [0.1, 0.15) is 31.1 Å². The van der Waals surface area contributed by atoms with Crippen LogP contribution in [0.15, 0.2) is 24.7 Å². The Morgan fingerprint density at radius 3 is 2.59 bits per heavy atom. The Bertz CT molecular complexity index is 576. The summed E-state index contributed by atoms with van der Waals surface area (Å²) in [5.41, 5.74) is 1.75. The van der Waals surface area contributed by atoms with E-state index in [1.54, 1.807) is 6.20 Å². The lowest BCUT2D eigenvalue weighted by Gasteiger charge is -2.11. The molecule has 1 N–H and O–H groups in total. The van der Waals surface area contributed by atoms with Gasteiger partial charge in [0.2, 0.25) is 0 Å². The highest BCUT2D eigenvalue weighted by Gasteiger charge is 2.28. The summed E-state index contributed by atoms with van der Waals surface area (Å²) in [6.45, 7) is 4.08. The molecule has 0 unspecified atom stereocenters. The van der Waals surface area contributed by atoms with E-state index < -0.39 is 12.7 Å². The summed E-state index contributed by atoms with van der Waals surface area (Å²) in [6, 6.07) is 2.19. The number of hydrogen-bond acceptors (Lipinski definition) is 3. The summed E-state index contributed by atoms with van der Waals surface area (Å²) in [5, 5.41) is 11.1. The number of hydrogen-bond donors (Lipinski definition) is 1. The molecule has 0 amide bonds. The molecule has 124 valence electrons. The van der Waals surface area contributed by atoms with E-state index in [0.717, 1.165) is 15.9 Å². The number of halogens is 4. The van der Waals surface area contributed by atoms with Crippen LogP contribution < -0.4 is 5.32 Å². The Morgan fingerprint density at radius 2 is 1.95 bits per heavy atom. The zero-order valence-electron chi connectivity index (χ0n) is 12.3. The molecule has 5 nitrogen and oxygen atoms in total. The number of alkyl halides is 3. The highest BCUT2D eigenvalue weighted by atomic mass is 35.5. The molecule has 2 heterocycles. The first-order chi connectivity index (χ1) is 9.85. The molecule has 0 saturated carbocycles. The predicted molar refractivity (Wildman–Crippen MR) is 78.7 cm³/mol. The van der Waals surface area contributed by atoms with Crippen molar-refractivity contribution in [3.05, 3.63) is 35.9 Å². The van der Waals surface area contributed by atoms with E-state index >= 15 is 0 Å². The van der Waals surface area contributed by atoms with Crippen molar-refractivity contribution in [3.63, 3.8) is 0 Å². The Labute approximate surface area is 132 Å². The van der Waals surface area contributed by atoms with Gasteiger partial charge >= 0.3 is 6.18 Å². The largest absolute Gasteiger partial charge is 0.408 e. The lowest BCUT2D eigenvalue weighted by atomic mass is 10.3. The molecule has 22 heavy (non-hydrogen) atoms. The van der Waals surface area contributed by atoms with Crippen molar-refractivity contribution in [2.24, 2.45) is 0 Å². The Hall–Kier alpha value is -1.54. The fraction of sp³-hybridized carbons (Fsp3) is 0.538. The third kappa shape index (κ3) is 5.34. The van der Waals surface area contributed by atoms with Crippen LogP contribution in [0.5, 0.6) is 0 Å². The molecule has 0 bridgehead atoms. The molecule has 9 heteroatoms. The molecule has 0 spiro atoms. The lowest BCUT2D eigenvalue weighted by molar-refractivity contribution is -0.142. The first kappa shape index (κ1) is 18.5. The summed E-state index contributed by atoms with van der Waals surface area (Å²) in [6.07, 6.45) is 0.331. The van der Waals surface area contributed by atoms with Crippen LogP contribution in [0.4, 0.5) is 13.2 Å². The smallest absolute Gasteiger partial charge is 0.307 e. The van der Waals surface area contributed by atoms with E-state index in [9.17, 15) is 13.2 Å². The normalized spacial score (nSPS) is 11.7. The van der Waals surface area contributed by atoms with E-state index in [1.165, 1.54) is 12.4 Å². The molecule has 0 aromatic carbocycles. The van der Waals surface area contributed by atoms with Crippen LogP contribution in [-0.2, 0) is 19.6 Å². The quantitative estimate of drug-likeness (QED) is 0.881. The van der Waals surface area contributed by atoms with Crippen molar-refractivity contribution in [3.8, 4) is 0 Å². The van der Waals surface area contributed by atoms with Crippen LogP contribution in [0.2, 0.25) is 0 Å². The highest BCUT2D eigenvalue weighted by molar-refractivity contribution is 5.85. The first-order valence-electron chi connectivity index (χ1n) is 6.66. The average molecular weight is 338 g/mol. The van der Waals surface area contributed by atoms with E-state index in [4.69, 9.17) is 0 Å². The van der Waals surface area contributed by atoms with Crippen LogP contribution in [0, 0.1) is 0 Å². The Morgan fingerprint density at radius 1 is 1.23 bits per heavy atom. The summed E-state index contributed by atoms with van der Waals surface area (Å²) in [5.74, 6) is 0. The van der Waals surface area contributed by atoms with Gasteiger partial charge in [0.1, 0.15) is 6.54 Å². The molecule has 0 aliphatic rings. The van der Waals surface area contributed by atoms with E-state index in [2.05, 4.69) is 15.5 Å². The number of nitrogens with one attached hydrogen (secondary N) is 1. The maximum absolute atomic E-state index is 12.2. The fourth-order valence-corrected chi connectivity index (χ4v) is 2.05. The SMILES string of the molecule is CC(C)n1nccc1CNCc1cnn(CC(F)(F)F)c1.Cl. The van der Waals surface area contributed by atoms with Gasteiger partial charge in [-0.2, -0.15) is 23.4 Å². The van der Waals surface area contributed by atoms with E-state index in [0.29, 0.717) is 13.1 Å². The maximum Gasteiger partial charge on any atom is 0.408 e. The van der Waals surface area contributed by atoms with Gasteiger partial charge in [0.25, 0.3) is 0 Å². The summed E-state index contributed by atoms with van der Waals surface area (Å²) in [7, 11) is 0. The van der Waals surface area contributed by atoms with Gasteiger partial charge in [0.15, 0.2) is 0 Å². The minimum atomic E-state index is -4.25. The molecule has 0 aliphatic heterocycles. The standard InChI is InChI=1S/C13H18F3N5.ClH/c1-10(2)21-12(3-4-18-21)7-17-5-11-6-19-20(8-11)9-13(14,15)16;/h3-4,6,8,10,17H,5,7,9H2,1-2H3;1H. The van der Waals surface area contributed by atoms with Crippen molar-refractivity contribution < 1.29 is 13.2 Å². The second kappa shape index (κ2) is 7.64. The number of rotatable bonds is 6. The van der Waals surface area contributed by atoms with Crippen molar-refractivity contribution >= 4 is 12.4 Å². The monoisotopic (exact) mass is 337 g/mol. The van der Waals surface area contributed by atoms with Gasteiger partial charge in [-0.3, -0.25) is 9.36 Å². The zero-order valence-corrected chi connectivity index (χ0v) is 13.2. The van der Waals surface area contributed by atoms with Crippen LogP contribution >= 0.6 is 12.4 Å². The first-order valence-corrected chi connectivity index (χ1v) is 6.66. The van der Waals surface area contributed by atoms with Crippen molar-refractivity contribution in [2.75, 3.05) is 0 Å². The minimum absolute atomic E-state index is 0. The lowest BCUT2D eigenvalue weighted by Crippen LogP contribution is -2.18. The third-order valence-electron chi connectivity index (χ3n) is 2.90. The third-order valence-corrected chi connectivity index (χ3v) is 2.90. The fourth-order valence-electron chi connectivity index (χ4n) is 2.05. The summed E-state index contributed by atoms with van der Waals surface area (Å²) in [4.78, 5) is 0. The molecule has 0 radical (unpaired) electrons. The van der Waals surface area contributed by atoms with Crippen LogP contribution in [-0.4, -0.2) is 25.7 Å². The van der Waals surface area contributed by atoms with Crippen LogP contribution in [0.25, 0.3) is 0 Å². The minimum Gasteiger partial charge on any atom is -0.307 e. The molecular formula is C13H19ClF3N5. The zero-order chi connectivity index (χ0) is 15.5. The van der Waals surface area contributed by atoms with Gasteiger partial charge in [0.05, 0.1) is 11.9 Å². The number of nitrogens with zero attached hydrogens (tertiary/aromatic N) is 4. The summed E-state index contributed by atoms with van der Waals surface area (Å²) < 4.78 is 39.5. The summed E-state index contributed by atoms with van der Waals surface area (Å²) >= 11 is 0. The topological polar surface area (TPSA) is 47.7 Å². The van der Waals surface area contributed by atoms with Gasteiger partial charge in [-0.25, -0.2) is 0 Å². The molecular weight excluding hydrogens is 319 g/mol. The van der Waals surface area contributed by atoms with Gasteiger partial charge in [-0.15, -0.1) is 12.4 Å². The number of aromatic nitrogens is 4. The van der Waals surface area contributed by atoms with E-state index in [-0.39, 0.29) is 18.4 Å². The molecule has 2 rings (SSSR count). The van der Waals surface area contributed by atoms with Crippen LogP contribution in [0.3, 0.4) is 0 Å². The van der Waals surface area contributed by atoms with Gasteiger partial charge in [-0.05, 0) is 19.9 Å². The van der Waals surface area contributed by atoms with Gasteiger partial charge in [-0.1, -0.05) is 0 Å². The Balaban J connectivity index is 0.00000242. The van der Waals surface area contributed by atoms with Crippen molar-refractivity contribution in [2.45, 2.75) is 45.7 Å². The molecule has 0 aliphatic carbocycles. The second-order valence-corrected chi connectivity index (χ2v) is 5.13. The molecule has 0 atom stereocenters. The Kier molecular flexibility index (Phi) is 6.43. The van der Waals surface area contributed by atoms with Crippen molar-refractivity contribution in [1.82, 2.24) is 24.9 Å². The average Bonchev–Trinajstić information content (AvgIpc) is 2.96. The maximum atomic E-state index is 12.2. The van der Waals surface area contributed by atoms with Gasteiger partial charge in [0, 0.05) is 37.1 Å². The van der Waals surface area contributed by atoms with Crippen molar-refractivity contribution in [1.29, 1.82) is 0 Å². The van der Waals surface area contributed by atoms with E-state index in [1.807, 2.05) is 24.6 Å². The van der Waals surface area contributed by atoms with Gasteiger partial charge < -0.3 is 5.32 Å².